The van der Waals surface area contributed by atoms with E-state index in [-0.39, 0.29) is 17.6 Å². The van der Waals surface area contributed by atoms with Crippen molar-refractivity contribution in [3.8, 4) is 11.5 Å². The zero-order chi connectivity index (χ0) is 21.1. The fourth-order valence-electron chi connectivity index (χ4n) is 3.70. The number of likely N-dealkylation sites (tertiary alicyclic amines) is 1. The molecule has 2 aliphatic heterocycles. The highest BCUT2D eigenvalue weighted by molar-refractivity contribution is 6.34. The minimum absolute atomic E-state index is 0.0836. The second-order valence-electron chi connectivity index (χ2n) is 7.32. The summed E-state index contributed by atoms with van der Waals surface area (Å²) >= 11 is 12.1. The number of carbonyl (C=O) groups is 2. The molecule has 0 bridgehead atoms. The fraction of sp³-hybridized carbons (Fsp3) is 0.304. The van der Waals surface area contributed by atoms with Crippen molar-refractivity contribution in [2.24, 2.45) is 5.92 Å². The van der Waals surface area contributed by atoms with E-state index in [2.05, 4.69) is 0 Å². The van der Waals surface area contributed by atoms with E-state index in [1.807, 2.05) is 0 Å². The van der Waals surface area contributed by atoms with Crippen LogP contribution in [0.15, 0.2) is 42.5 Å². The minimum Gasteiger partial charge on any atom is -0.486 e. The molecule has 0 unspecified atom stereocenters. The van der Waals surface area contributed by atoms with Crippen LogP contribution in [-0.4, -0.2) is 42.9 Å². The molecule has 0 atom stereocenters. The molecular formula is C23H21Cl2NO4. The summed E-state index contributed by atoms with van der Waals surface area (Å²) < 4.78 is 11.1. The van der Waals surface area contributed by atoms with Crippen molar-refractivity contribution in [3.63, 3.8) is 0 Å². The number of ether oxygens (including phenoxy) is 2. The van der Waals surface area contributed by atoms with Gasteiger partial charge >= 0.3 is 0 Å². The van der Waals surface area contributed by atoms with Gasteiger partial charge in [0.15, 0.2) is 17.3 Å². The third-order valence-electron chi connectivity index (χ3n) is 5.37. The molecule has 2 heterocycles. The maximum atomic E-state index is 12.9. The molecule has 30 heavy (non-hydrogen) atoms. The number of nitrogens with zero attached hydrogens (tertiary/aromatic N) is 1. The SMILES string of the molecule is O=C(c1ccc2c(c1)OCCO2)C1CCN(C(=O)/C=C/c2cc(Cl)ccc2Cl)CC1. The molecule has 156 valence electrons. The average Bonchev–Trinajstić information content (AvgIpc) is 2.78. The summed E-state index contributed by atoms with van der Waals surface area (Å²) in [5.41, 5.74) is 1.32. The van der Waals surface area contributed by atoms with Crippen LogP contribution in [0.2, 0.25) is 10.0 Å². The highest BCUT2D eigenvalue weighted by Crippen LogP contribution is 2.32. The van der Waals surface area contributed by atoms with Crippen LogP contribution in [0.1, 0.15) is 28.8 Å². The van der Waals surface area contributed by atoms with Crippen LogP contribution < -0.4 is 9.47 Å². The zero-order valence-corrected chi connectivity index (χ0v) is 17.8. The van der Waals surface area contributed by atoms with Gasteiger partial charge in [-0.05, 0) is 60.9 Å². The number of hydrogen-bond acceptors (Lipinski definition) is 4. The number of amides is 1. The van der Waals surface area contributed by atoms with Gasteiger partial charge in [0.25, 0.3) is 0 Å². The van der Waals surface area contributed by atoms with Crippen molar-refractivity contribution in [2.45, 2.75) is 12.8 Å². The number of benzene rings is 2. The first-order valence-corrected chi connectivity index (χ1v) is 10.6. The Kier molecular flexibility index (Phi) is 6.30. The molecule has 7 heteroatoms. The van der Waals surface area contributed by atoms with Crippen LogP contribution in [0.25, 0.3) is 6.08 Å². The highest BCUT2D eigenvalue weighted by atomic mass is 35.5. The summed E-state index contributed by atoms with van der Waals surface area (Å²) in [4.78, 5) is 27.2. The molecule has 4 rings (SSSR count). The van der Waals surface area contributed by atoms with Crippen LogP contribution in [0, 0.1) is 5.92 Å². The molecule has 0 spiro atoms. The molecule has 1 amide bonds. The lowest BCUT2D eigenvalue weighted by molar-refractivity contribution is -0.127. The maximum Gasteiger partial charge on any atom is 0.246 e. The summed E-state index contributed by atoms with van der Waals surface area (Å²) in [6.07, 6.45) is 4.43. The van der Waals surface area contributed by atoms with Gasteiger partial charge in [-0.3, -0.25) is 9.59 Å². The van der Waals surface area contributed by atoms with Crippen LogP contribution in [0.5, 0.6) is 11.5 Å². The molecular weight excluding hydrogens is 425 g/mol. The summed E-state index contributed by atoms with van der Waals surface area (Å²) in [7, 11) is 0. The van der Waals surface area contributed by atoms with E-state index >= 15 is 0 Å². The summed E-state index contributed by atoms with van der Waals surface area (Å²) in [5, 5.41) is 1.09. The standard InChI is InChI=1S/C23H21Cl2NO4/c24-18-3-4-19(25)16(13-18)2-6-22(27)26-9-7-15(8-10-26)23(28)17-1-5-20-21(14-17)30-12-11-29-20/h1-6,13-15H,7-12H2/b6-2+. The smallest absolute Gasteiger partial charge is 0.246 e. The Bertz CT molecular complexity index is 997. The Morgan fingerprint density at radius 2 is 1.70 bits per heavy atom. The number of rotatable bonds is 4. The summed E-state index contributed by atoms with van der Waals surface area (Å²) in [6.45, 7) is 2.07. The van der Waals surface area contributed by atoms with E-state index in [1.165, 1.54) is 6.08 Å². The van der Waals surface area contributed by atoms with Gasteiger partial charge in [0.2, 0.25) is 5.91 Å². The van der Waals surface area contributed by atoms with E-state index in [1.54, 1.807) is 47.4 Å². The molecule has 0 aliphatic carbocycles. The third kappa shape index (κ3) is 4.63. The Labute approximate surface area is 185 Å². The number of halogens is 2. The third-order valence-corrected chi connectivity index (χ3v) is 5.95. The predicted molar refractivity (Wildman–Crippen MR) is 117 cm³/mol. The number of fused-ring (bicyclic) bond motifs is 1. The van der Waals surface area contributed by atoms with Crippen LogP contribution >= 0.6 is 23.2 Å². The minimum atomic E-state index is -0.108. The first-order valence-electron chi connectivity index (χ1n) is 9.87. The summed E-state index contributed by atoms with van der Waals surface area (Å²) in [6, 6.07) is 10.4. The van der Waals surface area contributed by atoms with Gasteiger partial charge in [-0.25, -0.2) is 0 Å². The Hall–Kier alpha value is -2.50. The molecule has 2 aromatic carbocycles. The van der Waals surface area contributed by atoms with Gasteiger partial charge in [-0.2, -0.15) is 0 Å². The number of hydrogen-bond donors (Lipinski definition) is 0. The molecule has 0 radical (unpaired) electrons. The predicted octanol–water partition coefficient (Wildman–Crippen LogP) is 4.90. The Balaban J connectivity index is 1.35. The maximum absolute atomic E-state index is 12.9. The number of Topliss-reactive ketones (excluding diaryl/α,β-unsaturated/α-hetero) is 1. The quantitative estimate of drug-likeness (QED) is 0.495. The van der Waals surface area contributed by atoms with E-state index in [4.69, 9.17) is 32.7 Å². The lowest BCUT2D eigenvalue weighted by Crippen LogP contribution is -2.39. The van der Waals surface area contributed by atoms with E-state index in [9.17, 15) is 9.59 Å². The van der Waals surface area contributed by atoms with Crippen molar-refractivity contribution in [3.05, 3.63) is 63.6 Å². The number of ketones is 1. The zero-order valence-electron chi connectivity index (χ0n) is 16.3. The first-order chi connectivity index (χ1) is 14.5. The molecule has 1 fully saturated rings. The molecule has 0 aromatic heterocycles. The Morgan fingerprint density at radius 1 is 0.967 bits per heavy atom. The van der Waals surface area contributed by atoms with Gasteiger partial charge in [-0.15, -0.1) is 0 Å². The van der Waals surface area contributed by atoms with Crippen molar-refractivity contribution in [1.29, 1.82) is 0 Å². The second kappa shape index (κ2) is 9.11. The van der Waals surface area contributed by atoms with Gasteiger partial charge in [0.1, 0.15) is 13.2 Å². The molecule has 0 saturated carbocycles. The molecule has 1 saturated heterocycles. The van der Waals surface area contributed by atoms with E-state index in [0.717, 1.165) is 0 Å². The lowest BCUT2D eigenvalue weighted by atomic mass is 9.88. The molecule has 5 nitrogen and oxygen atoms in total. The monoisotopic (exact) mass is 445 g/mol. The van der Waals surface area contributed by atoms with Crippen LogP contribution in [-0.2, 0) is 4.79 Å². The van der Waals surface area contributed by atoms with Crippen molar-refractivity contribution < 1.29 is 19.1 Å². The molecule has 2 aliphatic rings. The van der Waals surface area contributed by atoms with Crippen molar-refractivity contribution in [2.75, 3.05) is 26.3 Å². The number of carbonyl (C=O) groups excluding carboxylic acids is 2. The van der Waals surface area contributed by atoms with Crippen LogP contribution in [0.3, 0.4) is 0 Å². The topological polar surface area (TPSA) is 55.8 Å². The van der Waals surface area contributed by atoms with E-state index < -0.39 is 0 Å². The van der Waals surface area contributed by atoms with Gasteiger partial charge in [0, 0.05) is 40.7 Å². The number of piperidine rings is 1. The van der Waals surface area contributed by atoms with Crippen molar-refractivity contribution in [1.82, 2.24) is 4.90 Å². The molecule has 2 aromatic rings. The lowest BCUT2D eigenvalue weighted by Gasteiger charge is -2.30. The summed E-state index contributed by atoms with van der Waals surface area (Å²) in [5.74, 6) is 1.16. The highest BCUT2D eigenvalue weighted by Gasteiger charge is 2.28. The first kappa shape index (κ1) is 20.8. The Morgan fingerprint density at radius 3 is 2.47 bits per heavy atom. The van der Waals surface area contributed by atoms with Crippen LogP contribution in [0.4, 0.5) is 0 Å². The fourth-order valence-corrected chi connectivity index (χ4v) is 4.06. The second-order valence-corrected chi connectivity index (χ2v) is 8.17. The molecule has 0 N–H and O–H groups in total. The van der Waals surface area contributed by atoms with Gasteiger partial charge in [-0.1, -0.05) is 23.2 Å². The normalized spacial score (nSPS) is 16.7. The van der Waals surface area contributed by atoms with Gasteiger partial charge < -0.3 is 14.4 Å². The largest absolute Gasteiger partial charge is 0.486 e. The van der Waals surface area contributed by atoms with Gasteiger partial charge in [0.05, 0.1) is 0 Å². The van der Waals surface area contributed by atoms with E-state index in [0.29, 0.717) is 71.8 Å². The average molecular weight is 446 g/mol. The van der Waals surface area contributed by atoms with Crippen molar-refractivity contribution >= 4 is 41.0 Å².